The summed E-state index contributed by atoms with van der Waals surface area (Å²) in [6.07, 6.45) is 0.898. The van der Waals surface area contributed by atoms with Gasteiger partial charge in [0.2, 0.25) is 0 Å². The van der Waals surface area contributed by atoms with E-state index in [2.05, 4.69) is 0 Å². The topological polar surface area (TPSA) is 40.5 Å². The van der Waals surface area contributed by atoms with Gasteiger partial charge in [0, 0.05) is 24.8 Å². The summed E-state index contributed by atoms with van der Waals surface area (Å²) in [5.74, 6) is -0.0822. The molecule has 3 heteroatoms. The molecule has 0 amide bonds. The molecule has 14 heavy (non-hydrogen) atoms. The van der Waals surface area contributed by atoms with Crippen molar-refractivity contribution in [2.24, 2.45) is 0 Å². The van der Waals surface area contributed by atoms with Crippen LogP contribution in [-0.2, 0) is 0 Å². The first-order chi connectivity index (χ1) is 6.74. The molecule has 0 aromatic heterocycles. The number of fused-ring (bicyclic) bond motifs is 1. The number of carbonyl (C=O) groups excluding carboxylic acids is 1. The van der Waals surface area contributed by atoms with Gasteiger partial charge in [-0.25, -0.2) is 0 Å². The number of aliphatic hydroxyl groups excluding tert-OH is 1. The molecule has 72 valence electrons. The van der Waals surface area contributed by atoms with E-state index in [9.17, 15) is 4.79 Å². The Morgan fingerprint density at radius 2 is 2.14 bits per heavy atom. The fourth-order valence-corrected chi connectivity index (χ4v) is 1.68. The minimum atomic E-state index is -0.0822. The van der Waals surface area contributed by atoms with Crippen LogP contribution in [0.25, 0.3) is 0 Å². The Hall–Kier alpha value is -1.77. The van der Waals surface area contributed by atoms with Gasteiger partial charge in [-0.1, -0.05) is 12.1 Å². The van der Waals surface area contributed by atoms with Gasteiger partial charge in [0.15, 0.2) is 5.78 Å². The predicted octanol–water partition coefficient (Wildman–Crippen LogP) is 1.76. The Bertz CT molecular complexity index is 410. The number of aliphatic hydroxyl groups is 1. The van der Waals surface area contributed by atoms with Crippen LogP contribution in [0.3, 0.4) is 0 Å². The van der Waals surface area contributed by atoms with Crippen molar-refractivity contribution in [1.29, 1.82) is 0 Å². The second kappa shape index (κ2) is 3.18. The average Bonchev–Trinajstić information content (AvgIpc) is 2.23. The molecule has 1 aliphatic rings. The summed E-state index contributed by atoms with van der Waals surface area (Å²) in [5, 5.41) is 8.90. The maximum Gasteiger partial charge on any atom is 0.195 e. The molecule has 0 fully saturated rings. The van der Waals surface area contributed by atoms with Crippen LogP contribution in [0.2, 0.25) is 0 Å². The fraction of sp³-hybridized carbons (Fsp3) is 0.182. The molecule has 0 saturated heterocycles. The Labute approximate surface area is 82.3 Å². The number of carbonyl (C=O) groups is 1. The monoisotopic (exact) mass is 189 g/mol. The lowest BCUT2D eigenvalue weighted by molar-refractivity contribution is 0.102. The van der Waals surface area contributed by atoms with Gasteiger partial charge in [-0.3, -0.25) is 4.79 Å². The van der Waals surface area contributed by atoms with E-state index in [1.165, 1.54) is 0 Å². The molecular weight excluding hydrogens is 178 g/mol. The zero-order chi connectivity index (χ0) is 10.1. The molecule has 0 bridgehead atoms. The lowest BCUT2D eigenvalue weighted by atomic mass is 9.97. The summed E-state index contributed by atoms with van der Waals surface area (Å²) < 4.78 is 0. The van der Waals surface area contributed by atoms with E-state index >= 15 is 0 Å². The number of likely N-dealkylation sites (N-methyl/N-ethyl adjacent to an activating group) is 1. The van der Waals surface area contributed by atoms with Crippen LogP contribution >= 0.6 is 0 Å². The number of hydrogen-bond acceptors (Lipinski definition) is 3. The number of ketones is 1. The predicted molar refractivity (Wildman–Crippen MR) is 54.8 cm³/mol. The quantitative estimate of drug-likeness (QED) is 0.499. The van der Waals surface area contributed by atoms with Crippen LogP contribution in [0.15, 0.2) is 36.1 Å². The first-order valence-corrected chi connectivity index (χ1v) is 4.42. The molecule has 0 saturated carbocycles. The van der Waals surface area contributed by atoms with Gasteiger partial charge in [0.05, 0.1) is 11.8 Å². The zero-order valence-corrected chi connectivity index (χ0v) is 7.90. The normalized spacial score (nSPS) is 18.5. The van der Waals surface area contributed by atoms with Gasteiger partial charge in [0.1, 0.15) is 0 Å². The Kier molecular flexibility index (Phi) is 2.00. The number of anilines is 1. The third-order valence-corrected chi connectivity index (χ3v) is 2.41. The van der Waals surface area contributed by atoms with Gasteiger partial charge in [-0.05, 0) is 12.1 Å². The minimum absolute atomic E-state index is 0.0822. The molecule has 0 radical (unpaired) electrons. The van der Waals surface area contributed by atoms with Crippen molar-refractivity contribution in [3.63, 3.8) is 0 Å². The highest BCUT2D eigenvalue weighted by molar-refractivity contribution is 6.14. The van der Waals surface area contributed by atoms with Crippen LogP contribution in [-0.4, -0.2) is 24.5 Å². The van der Waals surface area contributed by atoms with Gasteiger partial charge in [0.25, 0.3) is 0 Å². The summed E-state index contributed by atoms with van der Waals surface area (Å²) in [6.45, 7) is 0.465. The Morgan fingerprint density at radius 1 is 1.43 bits per heavy atom. The maximum atomic E-state index is 11.7. The third kappa shape index (κ3) is 1.18. The number of para-hydroxylation sites is 1. The highest BCUT2D eigenvalue weighted by Crippen LogP contribution is 2.27. The third-order valence-electron chi connectivity index (χ3n) is 2.41. The largest absolute Gasteiger partial charge is 0.515 e. The molecule has 1 aromatic rings. The lowest BCUT2D eigenvalue weighted by Gasteiger charge is -2.27. The van der Waals surface area contributed by atoms with Crippen molar-refractivity contribution in [2.45, 2.75) is 0 Å². The summed E-state index contributed by atoms with van der Waals surface area (Å²) in [4.78, 5) is 13.7. The van der Waals surface area contributed by atoms with Crippen LogP contribution in [0.1, 0.15) is 10.4 Å². The molecule has 0 unspecified atom stereocenters. The molecule has 1 N–H and O–H groups in total. The summed E-state index contributed by atoms with van der Waals surface area (Å²) >= 11 is 0. The molecule has 0 aliphatic carbocycles. The molecule has 0 spiro atoms. The van der Waals surface area contributed by atoms with E-state index in [0.29, 0.717) is 17.7 Å². The summed E-state index contributed by atoms with van der Waals surface area (Å²) in [5.41, 5.74) is 2.01. The Morgan fingerprint density at radius 3 is 2.86 bits per heavy atom. The van der Waals surface area contributed by atoms with Crippen LogP contribution < -0.4 is 4.90 Å². The zero-order valence-electron chi connectivity index (χ0n) is 7.90. The van der Waals surface area contributed by atoms with Crippen LogP contribution in [0, 0.1) is 0 Å². The molecule has 0 atom stereocenters. The number of hydrogen-bond donors (Lipinski definition) is 1. The highest BCUT2D eigenvalue weighted by Gasteiger charge is 2.24. The molecule has 1 aromatic carbocycles. The SMILES string of the molecule is CN1CC(=CO)C(=O)c2ccccc21. The van der Waals surface area contributed by atoms with E-state index in [0.717, 1.165) is 11.9 Å². The Balaban J connectivity index is 2.57. The summed E-state index contributed by atoms with van der Waals surface area (Å²) in [7, 11) is 1.90. The van der Waals surface area contributed by atoms with Crippen molar-refractivity contribution in [1.82, 2.24) is 0 Å². The second-order valence-electron chi connectivity index (χ2n) is 3.36. The summed E-state index contributed by atoms with van der Waals surface area (Å²) in [6, 6.07) is 7.40. The first-order valence-electron chi connectivity index (χ1n) is 4.42. The minimum Gasteiger partial charge on any atom is -0.515 e. The van der Waals surface area contributed by atoms with Gasteiger partial charge < -0.3 is 10.0 Å². The highest BCUT2D eigenvalue weighted by atomic mass is 16.2. The molecule has 3 nitrogen and oxygen atoms in total. The number of benzene rings is 1. The number of rotatable bonds is 0. The van der Waals surface area contributed by atoms with Crippen molar-refractivity contribution < 1.29 is 9.90 Å². The second-order valence-corrected chi connectivity index (χ2v) is 3.36. The van der Waals surface area contributed by atoms with Crippen LogP contribution in [0.5, 0.6) is 0 Å². The van der Waals surface area contributed by atoms with E-state index < -0.39 is 0 Å². The van der Waals surface area contributed by atoms with Gasteiger partial charge in [-0.2, -0.15) is 0 Å². The van der Waals surface area contributed by atoms with Crippen molar-refractivity contribution in [3.8, 4) is 0 Å². The van der Waals surface area contributed by atoms with E-state index in [1.54, 1.807) is 6.07 Å². The fourth-order valence-electron chi connectivity index (χ4n) is 1.68. The molecule has 2 rings (SSSR count). The van der Waals surface area contributed by atoms with Gasteiger partial charge in [-0.15, -0.1) is 0 Å². The van der Waals surface area contributed by atoms with Crippen LogP contribution in [0.4, 0.5) is 5.69 Å². The van der Waals surface area contributed by atoms with Crippen molar-refractivity contribution >= 4 is 11.5 Å². The van der Waals surface area contributed by atoms with E-state index in [4.69, 9.17) is 5.11 Å². The standard InChI is InChI=1S/C11H11NO2/c1-12-6-8(7-13)11(14)9-4-2-3-5-10(9)12/h2-5,7,13H,6H2,1H3. The average molecular weight is 189 g/mol. The lowest BCUT2D eigenvalue weighted by Crippen LogP contribution is -2.30. The van der Waals surface area contributed by atoms with E-state index in [1.807, 2.05) is 30.1 Å². The van der Waals surface area contributed by atoms with Crippen molar-refractivity contribution in [3.05, 3.63) is 41.7 Å². The number of nitrogens with zero attached hydrogens (tertiary/aromatic N) is 1. The smallest absolute Gasteiger partial charge is 0.195 e. The number of Topliss-reactive ketones (excluding diaryl/α,β-unsaturated/α-hetero) is 1. The molecular formula is C11H11NO2. The molecule has 1 aliphatic heterocycles. The van der Waals surface area contributed by atoms with Crippen molar-refractivity contribution in [2.75, 3.05) is 18.5 Å². The van der Waals surface area contributed by atoms with E-state index in [-0.39, 0.29) is 5.78 Å². The molecule has 1 heterocycles. The van der Waals surface area contributed by atoms with Gasteiger partial charge >= 0.3 is 0 Å². The maximum absolute atomic E-state index is 11.7. The first kappa shape index (κ1) is 8.81.